The Morgan fingerprint density at radius 1 is 1.42 bits per heavy atom. The van der Waals surface area contributed by atoms with Gasteiger partial charge >= 0.3 is 0 Å². The molecular weight excluding hydrogens is 326 g/mol. The van der Waals surface area contributed by atoms with Crippen LogP contribution in [0.1, 0.15) is 33.1 Å². The molecule has 2 rings (SSSR count). The summed E-state index contributed by atoms with van der Waals surface area (Å²) >= 11 is 9.57. The summed E-state index contributed by atoms with van der Waals surface area (Å²) in [4.78, 5) is 6.70. The van der Waals surface area contributed by atoms with Crippen LogP contribution >= 0.6 is 27.5 Å². The molecule has 1 fully saturated rings. The number of halogens is 2. The summed E-state index contributed by atoms with van der Waals surface area (Å²) < 4.78 is 0.955. The minimum absolute atomic E-state index is 0.484. The van der Waals surface area contributed by atoms with Crippen LogP contribution in [0.25, 0.3) is 0 Å². The summed E-state index contributed by atoms with van der Waals surface area (Å²) in [7, 11) is 0. The molecule has 0 aliphatic carbocycles. The second-order valence-electron chi connectivity index (χ2n) is 5.39. The van der Waals surface area contributed by atoms with E-state index < -0.39 is 0 Å². The molecule has 106 valence electrons. The maximum atomic E-state index is 6.13. The van der Waals surface area contributed by atoms with Gasteiger partial charge in [0.15, 0.2) is 5.15 Å². The van der Waals surface area contributed by atoms with Crippen LogP contribution in [-0.2, 0) is 0 Å². The SMILES string of the molecule is CC(C)N1CCCC(Nc2cc(Br)cnc2Cl)CC1. The molecule has 1 aromatic heterocycles. The van der Waals surface area contributed by atoms with Gasteiger partial charge in [-0.05, 0) is 61.7 Å². The second-order valence-corrected chi connectivity index (χ2v) is 6.67. The van der Waals surface area contributed by atoms with Gasteiger partial charge in [0.05, 0.1) is 5.69 Å². The molecule has 0 aromatic carbocycles. The number of likely N-dealkylation sites (tertiary alicyclic amines) is 1. The van der Waals surface area contributed by atoms with Crippen molar-refractivity contribution in [3.8, 4) is 0 Å². The van der Waals surface area contributed by atoms with Crippen LogP contribution in [0.5, 0.6) is 0 Å². The molecule has 3 nitrogen and oxygen atoms in total. The lowest BCUT2D eigenvalue weighted by Gasteiger charge is -2.24. The van der Waals surface area contributed by atoms with Gasteiger partial charge in [-0.2, -0.15) is 0 Å². The van der Waals surface area contributed by atoms with Crippen molar-refractivity contribution in [3.63, 3.8) is 0 Å². The molecule has 0 saturated carbocycles. The number of pyridine rings is 1. The summed E-state index contributed by atoms with van der Waals surface area (Å²) in [6, 6.07) is 3.12. The Morgan fingerprint density at radius 3 is 2.95 bits per heavy atom. The van der Waals surface area contributed by atoms with Gasteiger partial charge in [0, 0.05) is 29.3 Å². The van der Waals surface area contributed by atoms with Gasteiger partial charge in [0.2, 0.25) is 0 Å². The molecule has 1 aliphatic rings. The maximum Gasteiger partial charge on any atom is 0.152 e. The van der Waals surface area contributed by atoms with E-state index in [1.54, 1.807) is 6.20 Å². The van der Waals surface area contributed by atoms with E-state index in [1.165, 1.54) is 19.4 Å². The van der Waals surface area contributed by atoms with Gasteiger partial charge in [-0.3, -0.25) is 0 Å². The summed E-state index contributed by atoms with van der Waals surface area (Å²) in [5, 5.41) is 4.09. The van der Waals surface area contributed by atoms with E-state index in [-0.39, 0.29) is 0 Å². The van der Waals surface area contributed by atoms with Gasteiger partial charge in [0.25, 0.3) is 0 Å². The fourth-order valence-electron chi connectivity index (χ4n) is 2.52. The largest absolute Gasteiger partial charge is 0.380 e. The third kappa shape index (κ3) is 4.33. The van der Waals surface area contributed by atoms with E-state index in [0.29, 0.717) is 17.2 Å². The van der Waals surface area contributed by atoms with E-state index in [9.17, 15) is 0 Å². The standard InChI is InChI=1S/C14H21BrClN3/c1-10(2)19-6-3-4-12(5-7-19)18-13-8-11(15)9-17-14(13)16/h8-10,12,18H,3-7H2,1-2H3. The first-order valence-corrected chi connectivity index (χ1v) is 8.05. The monoisotopic (exact) mass is 345 g/mol. The Morgan fingerprint density at radius 2 is 2.21 bits per heavy atom. The van der Waals surface area contributed by atoms with Crippen LogP contribution in [0, 0.1) is 0 Å². The average Bonchev–Trinajstić information content (AvgIpc) is 2.59. The molecule has 2 heterocycles. The van der Waals surface area contributed by atoms with Gasteiger partial charge in [-0.1, -0.05) is 11.6 Å². The summed E-state index contributed by atoms with van der Waals surface area (Å²) in [5.74, 6) is 0. The number of rotatable bonds is 3. The molecule has 1 saturated heterocycles. The molecule has 1 unspecified atom stereocenters. The lowest BCUT2D eigenvalue weighted by Crippen LogP contribution is -2.32. The molecule has 0 spiro atoms. The summed E-state index contributed by atoms with van der Waals surface area (Å²) in [6.45, 7) is 6.88. The molecule has 0 amide bonds. The van der Waals surface area contributed by atoms with Crippen LogP contribution in [0.15, 0.2) is 16.7 Å². The van der Waals surface area contributed by atoms with Crippen LogP contribution in [0.2, 0.25) is 5.15 Å². The molecule has 19 heavy (non-hydrogen) atoms. The first kappa shape index (κ1) is 15.1. The highest BCUT2D eigenvalue weighted by molar-refractivity contribution is 9.10. The van der Waals surface area contributed by atoms with Crippen molar-refractivity contribution in [2.75, 3.05) is 18.4 Å². The molecule has 1 aromatic rings. The lowest BCUT2D eigenvalue weighted by atomic mass is 10.1. The van der Waals surface area contributed by atoms with Gasteiger partial charge in [-0.25, -0.2) is 4.98 Å². The fourth-order valence-corrected chi connectivity index (χ4v) is 3.01. The van der Waals surface area contributed by atoms with E-state index >= 15 is 0 Å². The Balaban J connectivity index is 1.98. The zero-order chi connectivity index (χ0) is 13.8. The third-order valence-corrected chi connectivity index (χ3v) is 4.39. The number of hydrogen-bond donors (Lipinski definition) is 1. The topological polar surface area (TPSA) is 28.2 Å². The number of hydrogen-bond acceptors (Lipinski definition) is 3. The van der Waals surface area contributed by atoms with Crippen molar-refractivity contribution in [2.45, 2.75) is 45.2 Å². The number of aromatic nitrogens is 1. The minimum Gasteiger partial charge on any atom is -0.380 e. The Hall–Kier alpha value is -0.320. The summed E-state index contributed by atoms with van der Waals surface area (Å²) in [6.07, 6.45) is 5.29. The maximum absolute atomic E-state index is 6.13. The molecule has 1 N–H and O–H groups in total. The highest BCUT2D eigenvalue weighted by Crippen LogP contribution is 2.26. The molecule has 1 aliphatic heterocycles. The normalized spacial score (nSPS) is 21.4. The minimum atomic E-state index is 0.484. The summed E-state index contributed by atoms with van der Waals surface area (Å²) in [5.41, 5.74) is 0.930. The number of nitrogens with zero attached hydrogens (tertiary/aromatic N) is 2. The van der Waals surface area contributed by atoms with Crippen LogP contribution < -0.4 is 5.32 Å². The van der Waals surface area contributed by atoms with Crippen molar-refractivity contribution in [3.05, 3.63) is 21.9 Å². The Labute approximate surface area is 128 Å². The third-order valence-electron chi connectivity index (χ3n) is 3.66. The average molecular weight is 347 g/mol. The van der Waals surface area contributed by atoms with E-state index in [1.807, 2.05) is 6.07 Å². The predicted molar refractivity (Wildman–Crippen MR) is 84.9 cm³/mol. The predicted octanol–water partition coefficient (Wildman–Crippen LogP) is 4.17. The highest BCUT2D eigenvalue weighted by atomic mass is 79.9. The van der Waals surface area contributed by atoms with Crippen molar-refractivity contribution in [1.82, 2.24) is 9.88 Å². The van der Waals surface area contributed by atoms with Crippen molar-refractivity contribution in [1.29, 1.82) is 0 Å². The Kier molecular flexibility index (Phi) is 5.48. The zero-order valence-corrected chi connectivity index (χ0v) is 13.8. The first-order chi connectivity index (χ1) is 9.06. The Bertz CT molecular complexity index is 425. The fraction of sp³-hybridized carbons (Fsp3) is 0.643. The van der Waals surface area contributed by atoms with E-state index in [2.05, 4.69) is 45.0 Å². The molecule has 0 radical (unpaired) electrons. The van der Waals surface area contributed by atoms with Crippen molar-refractivity contribution in [2.24, 2.45) is 0 Å². The lowest BCUT2D eigenvalue weighted by molar-refractivity contribution is 0.230. The smallest absolute Gasteiger partial charge is 0.152 e. The highest BCUT2D eigenvalue weighted by Gasteiger charge is 2.19. The van der Waals surface area contributed by atoms with Crippen molar-refractivity contribution < 1.29 is 0 Å². The van der Waals surface area contributed by atoms with Crippen LogP contribution in [0.4, 0.5) is 5.69 Å². The molecule has 1 atom stereocenters. The van der Waals surface area contributed by atoms with Crippen molar-refractivity contribution >= 4 is 33.2 Å². The first-order valence-electron chi connectivity index (χ1n) is 6.88. The number of nitrogens with one attached hydrogen (secondary N) is 1. The zero-order valence-electron chi connectivity index (χ0n) is 11.5. The van der Waals surface area contributed by atoms with Gasteiger partial charge < -0.3 is 10.2 Å². The van der Waals surface area contributed by atoms with Gasteiger partial charge in [0.1, 0.15) is 0 Å². The van der Waals surface area contributed by atoms with Crippen LogP contribution in [-0.4, -0.2) is 35.1 Å². The molecule has 0 bridgehead atoms. The van der Waals surface area contributed by atoms with Crippen LogP contribution in [0.3, 0.4) is 0 Å². The number of anilines is 1. The van der Waals surface area contributed by atoms with E-state index in [4.69, 9.17) is 11.6 Å². The van der Waals surface area contributed by atoms with Gasteiger partial charge in [-0.15, -0.1) is 0 Å². The second kappa shape index (κ2) is 6.91. The molecule has 5 heteroatoms. The molecular formula is C14H21BrClN3. The van der Waals surface area contributed by atoms with E-state index in [0.717, 1.165) is 23.1 Å². The quantitative estimate of drug-likeness (QED) is 0.833.